The van der Waals surface area contributed by atoms with Crippen molar-refractivity contribution in [3.8, 4) is 17.0 Å². The van der Waals surface area contributed by atoms with Crippen LogP contribution in [0.2, 0.25) is 0 Å². The first-order valence-electron chi connectivity index (χ1n) is 6.38. The Morgan fingerprint density at radius 3 is 3.05 bits per heavy atom. The molecule has 0 bridgehead atoms. The van der Waals surface area contributed by atoms with Crippen molar-refractivity contribution in [3.63, 3.8) is 0 Å². The monoisotopic (exact) mass is 317 g/mol. The average Bonchev–Trinajstić information content (AvgIpc) is 3.19. The zero-order valence-electron chi connectivity index (χ0n) is 11.6. The van der Waals surface area contributed by atoms with Crippen molar-refractivity contribution in [1.82, 2.24) is 4.98 Å². The minimum absolute atomic E-state index is 0.209. The summed E-state index contributed by atoms with van der Waals surface area (Å²) in [6, 6.07) is 8.29. The molecule has 0 atom stereocenters. The Kier molecular flexibility index (Phi) is 4.15. The Morgan fingerprint density at radius 1 is 1.41 bits per heavy atom. The van der Waals surface area contributed by atoms with Crippen molar-refractivity contribution in [2.24, 2.45) is 5.10 Å². The summed E-state index contributed by atoms with van der Waals surface area (Å²) in [6.07, 6.45) is 3.12. The van der Waals surface area contributed by atoms with Gasteiger partial charge in [-0.25, -0.2) is 9.37 Å². The molecule has 1 aromatic carbocycles. The van der Waals surface area contributed by atoms with E-state index < -0.39 is 5.82 Å². The number of thiazole rings is 1. The minimum Gasteiger partial charge on any atom is -0.494 e. The van der Waals surface area contributed by atoms with Gasteiger partial charge in [-0.15, -0.1) is 11.3 Å². The Bertz CT molecular complexity index is 784. The Balaban J connectivity index is 1.72. The third-order valence-corrected chi connectivity index (χ3v) is 3.59. The summed E-state index contributed by atoms with van der Waals surface area (Å²) in [7, 11) is 1.43. The van der Waals surface area contributed by atoms with Crippen LogP contribution >= 0.6 is 11.3 Å². The molecule has 3 aromatic rings. The molecule has 5 nitrogen and oxygen atoms in total. The van der Waals surface area contributed by atoms with E-state index in [1.165, 1.54) is 24.5 Å². The molecule has 0 unspecified atom stereocenters. The molecule has 0 saturated carbocycles. The van der Waals surface area contributed by atoms with Gasteiger partial charge < -0.3 is 9.15 Å². The second-order valence-electron chi connectivity index (χ2n) is 4.27. The van der Waals surface area contributed by atoms with Gasteiger partial charge in [-0.1, -0.05) is 0 Å². The van der Waals surface area contributed by atoms with Crippen LogP contribution in [0.15, 0.2) is 51.5 Å². The average molecular weight is 317 g/mol. The maximum Gasteiger partial charge on any atom is 0.203 e. The molecule has 0 aliphatic rings. The number of nitrogens with zero attached hydrogens (tertiary/aromatic N) is 2. The lowest BCUT2D eigenvalue weighted by molar-refractivity contribution is 0.386. The number of hydrogen-bond acceptors (Lipinski definition) is 6. The van der Waals surface area contributed by atoms with Crippen molar-refractivity contribution in [2.75, 3.05) is 12.5 Å². The van der Waals surface area contributed by atoms with Crippen LogP contribution in [0.3, 0.4) is 0 Å². The predicted molar refractivity (Wildman–Crippen MR) is 84.0 cm³/mol. The lowest BCUT2D eigenvalue weighted by Gasteiger charge is -2.02. The van der Waals surface area contributed by atoms with Gasteiger partial charge in [-0.3, -0.25) is 5.43 Å². The molecule has 3 rings (SSSR count). The first-order chi connectivity index (χ1) is 10.8. The van der Waals surface area contributed by atoms with E-state index in [1.807, 2.05) is 5.38 Å². The van der Waals surface area contributed by atoms with Gasteiger partial charge in [-0.05, 0) is 30.3 Å². The number of furan rings is 1. The van der Waals surface area contributed by atoms with E-state index in [0.29, 0.717) is 22.1 Å². The SMILES string of the molecule is COc1ccc(-c2csc(NN=Cc3ccco3)n2)cc1F. The van der Waals surface area contributed by atoms with Crippen LogP contribution in [-0.4, -0.2) is 18.3 Å². The molecule has 2 heterocycles. The Hall–Kier alpha value is -2.67. The van der Waals surface area contributed by atoms with Crippen LogP contribution in [0.1, 0.15) is 5.76 Å². The highest BCUT2D eigenvalue weighted by atomic mass is 32.1. The van der Waals surface area contributed by atoms with Crippen molar-refractivity contribution in [3.05, 3.63) is 53.6 Å². The van der Waals surface area contributed by atoms with E-state index in [4.69, 9.17) is 9.15 Å². The molecule has 22 heavy (non-hydrogen) atoms. The molecule has 0 fully saturated rings. The molecule has 0 aliphatic carbocycles. The molecule has 0 amide bonds. The number of hydrazone groups is 1. The van der Waals surface area contributed by atoms with Gasteiger partial charge >= 0.3 is 0 Å². The molecule has 0 spiro atoms. The summed E-state index contributed by atoms with van der Waals surface area (Å²) < 4.78 is 23.7. The zero-order chi connectivity index (χ0) is 15.4. The molecule has 0 radical (unpaired) electrons. The number of methoxy groups -OCH3 is 1. The third kappa shape index (κ3) is 3.15. The van der Waals surface area contributed by atoms with E-state index in [1.54, 1.807) is 36.7 Å². The second-order valence-corrected chi connectivity index (χ2v) is 5.13. The van der Waals surface area contributed by atoms with Gasteiger partial charge in [0.05, 0.1) is 25.3 Å². The summed E-state index contributed by atoms with van der Waals surface area (Å²) in [5, 5.41) is 6.45. The summed E-state index contributed by atoms with van der Waals surface area (Å²) in [5.41, 5.74) is 4.16. The summed E-state index contributed by atoms with van der Waals surface area (Å²) >= 11 is 1.38. The largest absolute Gasteiger partial charge is 0.494 e. The smallest absolute Gasteiger partial charge is 0.203 e. The number of hydrogen-bond donors (Lipinski definition) is 1. The van der Waals surface area contributed by atoms with Crippen LogP contribution in [0.4, 0.5) is 9.52 Å². The standard InChI is InChI=1S/C15H12FN3O2S/c1-20-14-5-4-10(7-12(14)16)13-9-22-15(18-13)19-17-8-11-3-2-6-21-11/h2-9H,1H3,(H,18,19). The fourth-order valence-electron chi connectivity index (χ4n) is 1.80. The highest BCUT2D eigenvalue weighted by Crippen LogP contribution is 2.28. The van der Waals surface area contributed by atoms with E-state index in [2.05, 4.69) is 15.5 Å². The van der Waals surface area contributed by atoms with E-state index in [0.717, 1.165) is 0 Å². The fourth-order valence-corrected chi connectivity index (χ4v) is 2.47. The van der Waals surface area contributed by atoms with Gasteiger partial charge in [0, 0.05) is 10.9 Å². The van der Waals surface area contributed by atoms with Crippen LogP contribution in [-0.2, 0) is 0 Å². The minimum atomic E-state index is -0.418. The number of benzene rings is 1. The van der Waals surface area contributed by atoms with Crippen molar-refractivity contribution < 1.29 is 13.5 Å². The van der Waals surface area contributed by atoms with Crippen LogP contribution in [0, 0.1) is 5.82 Å². The highest BCUT2D eigenvalue weighted by Gasteiger charge is 2.08. The summed E-state index contributed by atoms with van der Waals surface area (Å²) in [4.78, 5) is 4.35. The number of nitrogens with one attached hydrogen (secondary N) is 1. The Labute approximate surface area is 130 Å². The summed E-state index contributed by atoms with van der Waals surface area (Å²) in [5.74, 6) is 0.431. The van der Waals surface area contributed by atoms with Gasteiger partial charge in [0.15, 0.2) is 11.6 Å². The second kappa shape index (κ2) is 6.40. The molecule has 1 N–H and O–H groups in total. The molecular formula is C15H12FN3O2S. The van der Waals surface area contributed by atoms with E-state index in [9.17, 15) is 4.39 Å². The molecule has 2 aromatic heterocycles. The Morgan fingerprint density at radius 2 is 2.32 bits per heavy atom. The van der Waals surface area contributed by atoms with E-state index in [-0.39, 0.29) is 5.75 Å². The predicted octanol–water partition coefficient (Wildman–Crippen LogP) is 4.00. The number of halogens is 1. The first kappa shape index (κ1) is 14.3. The number of ether oxygens (including phenoxy) is 1. The number of aromatic nitrogens is 1. The quantitative estimate of drug-likeness (QED) is 0.571. The topological polar surface area (TPSA) is 59.6 Å². The summed E-state index contributed by atoms with van der Waals surface area (Å²) in [6.45, 7) is 0. The molecule has 112 valence electrons. The maximum atomic E-state index is 13.7. The maximum absolute atomic E-state index is 13.7. The fraction of sp³-hybridized carbons (Fsp3) is 0.0667. The highest BCUT2D eigenvalue weighted by molar-refractivity contribution is 7.14. The van der Waals surface area contributed by atoms with Gasteiger partial charge in [0.25, 0.3) is 0 Å². The van der Waals surface area contributed by atoms with Gasteiger partial charge in [0.2, 0.25) is 5.13 Å². The van der Waals surface area contributed by atoms with Crippen molar-refractivity contribution in [2.45, 2.75) is 0 Å². The molecule has 0 saturated heterocycles. The number of anilines is 1. The third-order valence-electron chi connectivity index (χ3n) is 2.85. The van der Waals surface area contributed by atoms with Crippen molar-refractivity contribution in [1.29, 1.82) is 0 Å². The zero-order valence-corrected chi connectivity index (χ0v) is 12.4. The molecular weight excluding hydrogens is 305 g/mol. The van der Waals surface area contributed by atoms with E-state index >= 15 is 0 Å². The number of rotatable bonds is 5. The molecule has 7 heteroatoms. The molecule has 0 aliphatic heterocycles. The normalized spacial score (nSPS) is 11.0. The van der Waals surface area contributed by atoms with Gasteiger partial charge in [0.1, 0.15) is 5.76 Å². The van der Waals surface area contributed by atoms with Crippen LogP contribution in [0.25, 0.3) is 11.3 Å². The van der Waals surface area contributed by atoms with Crippen LogP contribution < -0.4 is 10.2 Å². The lowest BCUT2D eigenvalue weighted by Crippen LogP contribution is -1.90. The van der Waals surface area contributed by atoms with Crippen molar-refractivity contribution >= 4 is 22.7 Å². The van der Waals surface area contributed by atoms with Crippen LogP contribution in [0.5, 0.6) is 5.75 Å². The first-order valence-corrected chi connectivity index (χ1v) is 7.26. The van der Waals surface area contributed by atoms with Gasteiger partial charge in [-0.2, -0.15) is 5.10 Å². The lowest BCUT2D eigenvalue weighted by atomic mass is 10.1.